The fourth-order valence-electron chi connectivity index (χ4n) is 1.81. The van der Waals surface area contributed by atoms with Crippen molar-refractivity contribution in [2.75, 3.05) is 5.32 Å². The second-order valence-corrected chi connectivity index (χ2v) is 4.46. The molecule has 2 aromatic rings. The van der Waals surface area contributed by atoms with E-state index in [1.54, 1.807) is 24.3 Å². The first-order valence-electron chi connectivity index (χ1n) is 5.99. The van der Waals surface area contributed by atoms with Gasteiger partial charge in [-0.25, -0.2) is 0 Å². The normalized spacial score (nSPS) is 9.74. The number of anilines is 1. The lowest BCUT2D eigenvalue weighted by Crippen LogP contribution is -2.13. The van der Waals surface area contributed by atoms with E-state index in [2.05, 4.69) is 5.32 Å². The first kappa shape index (κ1) is 12.8. The lowest BCUT2D eigenvalue weighted by Gasteiger charge is -2.08. The van der Waals surface area contributed by atoms with Crippen LogP contribution in [0.25, 0.3) is 0 Å². The second-order valence-electron chi connectivity index (χ2n) is 4.46. The van der Waals surface area contributed by atoms with Crippen LogP contribution < -0.4 is 5.32 Å². The number of benzene rings is 2. The minimum atomic E-state index is -0.133. The molecule has 0 aliphatic rings. The summed E-state index contributed by atoms with van der Waals surface area (Å²) in [6.45, 7) is 3.87. The Kier molecular flexibility index (Phi) is 3.63. The van der Waals surface area contributed by atoms with Gasteiger partial charge in [-0.1, -0.05) is 17.7 Å². The van der Waals surface area contributed by atoms with Crippen LogP contribution in [0.4, 0.5) is 5.69 Å². The predicted molar refractivity (Wildman–Crippen MR) is 75.0 cm³/mol. The van der Waals surface area contributed by atoms with Crippen molar-refractivity contribution in [3.63, 3.8) is 0 Å². The highest BCUT2D eigenvalue weighted by Crippen LogP contribution is 2.14. The minimum absolute atomic E-state index is 0.133. The third kappa shape index (κ3) is 2.99. The molecule has 1 N–H and O–H groups in total. The molecule has 0 aliphatic heterocycles. The first-order valence-corrected chi connectivity index (χ1v) is 5.99. The highest BCUT2D eigenvalue weighted by Gasteiger charge is 2.09. The van der Waals surface area contributed by atoms with Crippen LogP contribution in [-0.4, -0.2) is 5.91 Å². The zero-order chi connectivity index (χ0) is 13.8. The first-order chi connectivity index (χ1) is 9.10. The van der Waals surface area contributed by atoms with Gasteiger partial charge in [0.25, 0.3) is 5.91 Å². The summed E-state index contributed by atoms with van der Waals surface area (Å²) in [5.41, 5.74) is 3.92. The van der Waals surface area contributed by atoms with Crippen molar-refractivity contribution in [3.05, 3.63) is 64.7 Å². The molecule has 0 bridgehead atoms. The number of nitriles is 1. The molecule has 0 saturated heterocycles. The van der Waals surface area contributed by atoms with E-state index < -0.39 is 0 Å². The Morgan fingerprint density at radius 3 is 2.42 bits per heavy atom. The lowest BCUT2D eigenvalue weighted by molar-refractivity contribution is 0.102. The number of carbonyl (C=O) groups excluding carboxylic acids is 1. The molecule has 0 aromatic heterocycles. The van der Waals surface area contributed by atoms with Gasteiger partial charge in [-0.05, 0) is 49.7 Å². The highest BCUT2D eigenvalue weighted by molar-refractivity contribution is 6.05. The van der Waals surface area contributed by atoms with Crippen molar-refractivity contribution < 1.29 is 4.79 Å². The van der Waals surface area contributed by atoms with E-state index in [1.807, 2.05) is 38.1 Å². The molecule has 0 heterocycles. The van der Waals surface area contributed by atoms with Crippen molar-refractivity contribution in [2.24, 2.45) is 0 Å². The summed E-state index contributed by atoms with van der Waals surface area (Å²) in [7, 11) is 0. The summed E-state index contributed by atoms with van der Waals surface area (Å²) < 4.78 is 0. The summed E-state index contributed by atoms with van der Waals surface area (Å²) in [6, 6.07) is 14.6. The Bertz CT molecular complexity index is 651. The summed E-state index contributed by atoms with van der Waals surface area (Å²) in [5.74, 6) is -0.133. The summed E-state index contributed by atoms with van der Waals surface area (Å²) in [6.07, 6.45) is 0. The van der Waals surface area contributed by atoms with Crippen molar-refractivity contribution in [1.29, 1.82) is 5.26 Å². The maximum atomic E-state index is 12.2. The zero-order valence-corrected chi connectivity index (χ0v) is 10.9. The topological polar surface area (TPSA) is 52.9 Å². The number of rotatable bonds is 2. The van der Waals surface area contributed by atoms with Gasteiger partial charge in [-0.15, -0.1) is 0 Å². The molecular formula is C16H14N2O. The van der Waals surface area contributed by atoms with Crippen LogP contribution in [0, 0.1) is 25.2 Å². The average Bonchev–Trinajstić information content (AvgIpc) is 2.42. The van der Waals surface area contributed by atoms with E-state index in [1.165, 1.54) is 0 Å². The van der Waals surface area contributed by atoms with E-state index in [0.717, 1.165) is 11.1 Å². The molecule has 0 spiro atoms. The molecule has 0 aliphatic carbocycles. The largest absolute Gasteiger partial charge is 0.322 e. The van der Waals surface area contributed by atoms with Gasteiger partial charge in [-0.3, -0.25) is 4.79 Å². The molecule has 0 saturated carbocycles. The highest BCUT2D eigenvalue weighted by atomic mass is 16.1. The third-order valence-corrected chi connectivity index (χ3v) is 2.91. The van der Waals surface area contributed by atoms with Gasteiger partial charge in [0.1, 0.15) is 0 Å². The van der Waals surface area contributed by atoms with Gasteiger partial charge < -0.3 is 5.32 Å². The summed E-state index contributed by atoms with van der Waals surface area (Å²) in [5, 5.41) is 11.5. The monoisotopic (exact) mass is 250 g/mol. The average molecular weight is 250 g/mol. The Morgan fingerprint density at radius 2 is 1.79 bits per heavy atom. The molecule has 0 radical (unpaired) electrons. The Labute approximate surface area is 112 Å². The SMILES string of the molecule is Cc1ccc(C)c(C(=O)Nc2ccc(C#N)cc2)c1. The maximum absolute atomic E-state index is 12.2. The molecule has 0 fully saturated rings. The molecule has 2 rings (SSSR count). The maximum Gasteiger partial charge on any atom is 0.255 e. The smallest absolute Gasteiger partial charge is 0.255 e. The van der Waals surface area contributed by atoms with Crippen molar-refractivity contribution in [2.45, 2.75) is 13.8 Å². The van der Waals surface area contributed by atoms with Crippen LogP contribution in [0.2, 0.25) is 0 Å². The van der Waals surface area contributed by atoms with Crippen LogP contribution in [0.15, 0.2) is 42.5 Å². The number of hydrogen-bond donors (Lipinski definition) is 1. The zero-order valence-electron chi connectivity index (χ0n) is 10.9. The Hall–Kier alpha value is -2.60. The second kappa shape index (κ2) is 5.36. The Morgan fingerprint density at radius 1 is 1.11 bits per heavy atom. The molecule has 19 heavy (non-hydrogen) atoms. The third-order valence-electron chi connectivity index (χ3n) is 2.91. The van der Waals surface area contributed by atoms with Gasteiger partial charge >= 0.3 is 0 Å². The number of nitrogens with one attached hydrogen (secondary N) is 1. The van der Waals surface area contributed by atoms with E-state index in [0.29, 0.717) is 16.8 Å². The molecule has 1 amide bonds. The fourth-order valence-corrected chi connectivity index (χ4v) is 1.81. The van der Waals surface area contributed by atoms with Crippen LogP contribution in [0.3, 0.4) is 0 Å². The van der Waals surface area contributed by atoms with E-state index >= 15 is 0 Å². The van der Waals surface area contributed by atoms with E-state index in [9.17, 15) is 4.79 Å². The standard InChI is InChI=1S/C16H14N2O/c1-11-3-4-12(2)15(9-11)16(19)18-14-7-5-13(10-17)6-8-14/h3-9H,1-2H3,(H,18,19). The number of amides is 1. The van der Waals surface area contributed by atoms with Gasteiger partial charge in [0, 0.05) is 11.3 Å². The summed E-state index contributed by atoms with van der Waals surface area (Å²) >= 11 is 0. The molecule has 3 nitrogen and oxygen atoms in total. The van der Waals surface area contributed by atoms with Crippen molar-refractivity contribution in [3.8, 4) is 6.07 Å². The molecule has 2 aromatic carbocycles. The van der Waals surface area contributed by atoms with Crippen LogP contribution >= 0.6 is 0 Å². The van der Waals surface area contributed by atoms with E-state index in [4.69, 9.17) is 5.26 Å². The van der Waals surface area contributed by atoms with Gasteiger partial charge in [0.2, 0.25) is 0 Å². The van der Waals surface area contributed by atoms with Gasteiger partial charge in [-0.2, -0.15) is 5.26 Å². The van der Waals surface area contributed by atoms with Crippen LogP contribution in [-0.2, 0) is 0 Å². The molecule has 3 heteroatoms. The van der Waals surface area contributed by atoms with Gasteiger partial charge in [0.15, 0.2) is 0 Å². The van der Waals surface area contributed by atoms with Crippen LogP contribution in [0.1, 0.15) is 27.0 Å². The lowest BCUT2D eigenvalue weighted by atomic mass is 10.0. The molecule has 0 atom stereocenters. The molecule has 0 unspecified atom stereocenters. The fraction of sp³-hybridized carbons (Fsp3) is 0.125. The summed E-state index contributed by atoms with van der Waals surface area (Å²) in [4.78, 5) is 12.2. The number of hydrogen-bond acceptors (Lipinski definition) is 2. The predicted octanol–water partition coefficient (Wildman–Crippen LogP) is 3.43. The van der Waals surface area contributed by atoms with Crippen molar-refractivity contribution >= 4 is 11.6 Å². The van der Waals surface area contributed by atoms with E-state index in [-0.39, 0.29) is 5.91 Å². The number of carbonyl (C=O) groups is 1. The molecular weight excluding hydrogens is 236 g/mol. The minimum Gasteiger partial charge on any atom is -0.322 e. The number of nitrogens with zero attached hydrogens (tertiary/aromatic N) is 1. The van der Waals surface area contributed by atoms with Gasteiger partial charge in [0.05, 0.1) is 11.6 Å². The Balaban J connectivity index is 2.21. The quantitative estimate of drug-likeness (QED) is 0.887. The van der Waals surface area contributed by atoms with Crippen LogP contribution in [0.5, 0.6) is 0 Å². The molecule has 94 valence electrons. The van der Waals surface area contributed by atoms with Crippen molar-refractivity contribution in [1.82, 2.24) is 0 Å². The number of aryl methyl sites for hydroxylation is 2.